The molecule has 2 N–H and O–H groups in total. The van der Waals surface area contributed by atoms with Crippen molar-refractivity contribution in [1.82, 2.24) is 9.99 Å². The minimum absolute atomic E-state index is 0.441. The van der Waals surface area contributed by atoms with Gasteiger partial charge in [-0.25, -0.2) is 0 Å². The van der Waals surface area contributed by atoms with Gasteiger partial charge < -0.3 is 9.88 Å². The van der Waals surface area contributed by atoms with Crippen molar-refractivity contribution in [2.45, 2.75) is 13.5 Å². The van der Waals surface area contributed by atoms with E-state index in [4.69, 9.17) is 23.8 Å². The number of hydrogen-bond donors (Lipinski definition) is 2. The average Bonchev–Trinajstić information content (AvgIpc) is 3.04. The van der Waals surface area contributed by atoms with E-state index in [0.717, 1.165) is 22.0 Å². The maximum atomic E-state index is 6.24. The normalized spacial score (nSPS) is 10.8. The number of hydrazone groups is 1. The average molecular weight is 383 g/mol. The molecule has 0 saturated heterocycles. The maximum absolute atomic E-state index is 6.24. The highest BCUT2D eigenvalue weighted by molar-refractivity contribution is 7.80. The summed E-state index contributed by atoms with van der Waals surface area (Å²) in [4.78, 5) is 0. The lowest BCUT2D eigenvalue weighted by Crippen LogP contribution is -2.24. The predicted molar refractivity (Wildman–Crippen MR) is 113 cm³/mol. The summed E-state index contributed by atoms with van der Waals surface area (Å²) in [5.41, 5.74) is 6.95. The summed E-state index contributed by atoms with van der Waals surface area (Å²) in [6.07, 6.45) is 3.73. The van der Waals surface area contributed by atoms with Gasteiger partial charge in [0.15, 0.2) is 5.11 Å². The van der Waals surface area contributed by atoms with Crippen LogP contribution in [0.4, 0.5) is 5.69 Å². The van der Waals surface area contributed by atoms with Crippen LogP contribution in [-0.2, 0) is 6.54 Å². The molecule has 0 aliphatic heterocycles. The summed E-state index contributed by atoms with van der Waals surface area (Å²) in [6.45, 7) is 2.72. The van der Waals surface area contributed by atoms with E-state index in [0.29, 0.717) is 11.7 Å². The molecule has 1 heterocycles. The molecule has 132 valence electrons. The predicted octanol–water partition coefficient (Wildman–Crippen LogP) is 4.82. The highest BCUT2D eigenvalue weighted by Crippen LogP contribution is 2.17. The number of benzene rings is 2. The summed E-state index contributed by atoms with van der Waals surface area (Å²) in [6, 6.07) is 19.8. The van der Waals surface area contributed by atoms with E-state index in [1.165, 1.54) is 5.56 Å². The summed E-state index contributed by atoms with van der Waals surface area (Å²) in [5.74, 6) is 0. The standard InChI is InChI=1S/C20H19ClN4S/c1-15-6-4-8-17(12-15)23-20(26)24-22-13-18-9-5-11-25(18)14-16-7-2-3-10-19(16)21/h2-13H,14H2,1H3,(H2,23,24,26)/b22-13-. The summed E-state index contributed by atoms with van der Waals surface area (Å²) in [5, 5.41) is 8.53. The number of halogens is 1. The number of nitrogens with zero attached hydrogens (tertiary/aromatic N) is 2. The Labute approximate surface area is 163 Å². The summed E-state index contributed by atoms with van der Waals surface area (Å²) >= 11 is 11.5. The molecule has 1 aromatic heterocycles. The molecule has 2 aromatic carbocycles. The van der Waals surface area contributed by atoms with E-state index in [-0.39, 0.29) is 0 Å². The quantitative estimate of drug-likeness (QED) is 0.377. The summed E-state index contributed by atoms with van der Waals surface area (Å²) in [7, 11) is 0. The Morgan fingerprint density at radius 1 is 1.15 bits per heavy atom. The van der Waals surface area contributed by atoms with E-state index in [1.54, 1.807) is 6.21 Å². The van der Waals surface area contributed by atoms with Crippen molar-refractivity contribution in [3.8, 4) is 0 Å². The second-order valence-corrected chi connectivity index (χ2v) is 6.66. The number of anilines is 1. The van der Waals surface area contributed by atoms with Gasteiger partial charge in [-0.3, -0.25) is 5.43 Å². The van der Waals surface area contributed by atoms with Crippen molar-refractivity contribution in [2.24, 2.45) is 5.10 Å². The fourth-order valence-electron chi connectivity index (χ4n) is 2.54. The molecule has 4 nitrogen and oxygen atoms in total. The molecular formula is C20H19ClN4S. The molecule has 0 fully saturated rings. The fourth-order valence-corrected chi connectivity index (χ4v) is 2.90. The van der Waals surface area contributed by atoms with Gasteiger partial charge >= 0.3 is 0 Å². The van der Waals surface area contributed by atoms with Gasteiger partial charge in [0.05, 0.1) is 11.9 Å². The van der Waals surface area contributed by atoms with Crippen LogP contribution >= 0.6 is 23.8 Å². The highest BCUT2D eigenvalue weighted by Gasteiger charge is 2.03. The molecule has 0 aliphatic carbocycles. The fraction of sp³-hybridized carbons (Fsp3) is 0.100. The number of rotatable bonds is 5. The third-order valence-electron chi connectivity index (χ3n) is 3.80. The Hall–Kier alpha value is -2.63. The van der Waals surface area contributed by atoms with E-state index in [1.807, 2.05) is 73.8 Å². The van der Waals surface area contributed by atoms with E-state index >= 15 is 0 Å². The van der Waals surface area contributed by atoms with Gasteiger partial charge in [-0.05, 0) is 60.6 Å². The number of hydrogen-bond acceptors (Lipinski definition) is 2. The molecule has 0 bridgehead atoms. The van der Waals surface area contributed by atoms with Crippen LogP contribution in [0.25, 0.3) is 0 Å². The molecule has 0 saturated carbocycles. The van der Waals surface area contributed by atoms with Crippen LogP contribution in [0.1, 0.15) is 16.8 Å². The molecule has 3 rings (SSSR count). The van der Waals surface area contributed by atoms with Crippen molar-refractivity contribution < 1.29 is 0 Å². The van der Waals surface area contributed by atoms with Gasteiger partial charge in [0.1, 0.15) is 0 Å². The van der Waals surface area contributed by atoms with Gasteiger partial charge in [-0.1, -0.05) is 41.9 Å². The Kier molecular flexibility index (Phi) is 6.04. The Morgan fingerprint density at radius 2 is 2.00 bits per heavy atom. The largest absolute Gasteiger partial charge is 0.342 e. The Morgan fingerprint density at radius 3 is 2.81 bits per heavy atom. The second kappa shape index (κ2) is 8.65. The molecule has 26 heavy (non-hydrogen) atoms. The minimum atomic E-state index is 0.441. The Bertz CT molecular complexity index is 933. The molecule has 0 amide bonds. The van der Waals surface area contributed by atoms with Crippen molar-refractivity contribution in [2.75, 3.05) is 5.32 Å². The molecule has 0 atom stereocenters. The van der Waals surface area contributed by atoms with E-state index in [2.05, 4.69) is 20.4 Å². The van der Waals surface area contributed by atoms with Crippen LogP contribution in [-0.4, -0.2) is 15.9 Å². The first-order chi connectivity index (χ1) is 12.6. The molecule has 3 aromatic rings. The Balaban J connectivity index is 1.60. The van der Waals surface area contributed by atoms with Crippen molar-refractivity contribution >= 4 is 40.8 Å². The van der Waals surface area contributed by atoms with E-state index < -0.39 is 0 Å². The lowest BCUT2D eigenvalue weighted by molar-refractivity contribution is 0.799. The first-order valence-electron chi connectivity index (χ1n) is 8.17. The van der Waals surface area contributed by atoms with Gasteiger partial charge in [0.2, 0.25) is 0 Å². The molecule has 0 spiro atoms. The maximum Gasteiger partial charge on any atom is 0.191 e. The zero-order chi connectivity index (χ0) is 18.4. The first-order valence-corrected chi connectivity index (χ1v) is 8.96. The van der Waals surface area contributed by atoms with Crippen LogP contribution < -0.4 is 10.7 Å². The van der Waals surface area contributed by atoms with Gasteiger partial charge in [-0.15, -0.1) is 0 Å². The van der Waals surface area contributed by atoms with Crippen LogP contribution in [0.15, 0.2) is 72.0 Å². The topological polar surface area (TPSA) is 41.4 Å². The van der Waals surface area contributed by atoms with Gasteiger partial charge in [-0.2, -0.15) is 5.10 Å². The first kappa shape index (κ1) is 18.2. The molecule has 0 unspecified atom stereocenters. The number of nitrogens with one attached hydrogen (secondary N) is 2. The summed E-state index contributed by atoms with van der Waals surface area (Å²) < 4.78 is 2.07. The highest BCUT2D eigenvalue weighted by atomic mass is 35.5. The third kappa shape index (κ3) is 4.94. The number of aromatic nitrogens is 1. The van der Waals surface area contributed by atoms with Crippen molar-refractivity contribution in [3.63, 3.8) is 0 Å². The van der Waals surface area contributed by atoms with Gasteiger partial charge in [0.25, 0.3) is 0 Å². The SMILES string of the molecule is Cc1cccc(NC(=S)N/N=C\c2cccn2Cc2ccccc2Cl)c1. The third-order valence-corrected chi connectivity index (χ3v) is 4.36. The molecule has 0 radical (unpaired) electrons. The smallest absolute Gasteiger partial charge is 0.191 e. The van der Waals surface area contributed by atoms with Crippen molar-refractivity contribution in [1.29, 1.82) is 0 Å². The van der Waals surface area contributed by atoms with Crippen molar-refractivity contribution in [3.05, 3.63) is 88.7 Å². The molecular weight excluding hydrogens is 364 g/mol. The van der Waals surface area contributed by atoms with Crippen LogP contribution in [0, 0.1) is 6.92 Å². The zero-order valence-corrected chi connectivity index (χ0v) is 15.9. The number of aryl methyl sites for hydroxylation is 1. The molecule has 0 aliphatic rings. The molecule has 6 heteroatoms. The zero-order valence-electron chi connectivity index (χ0n) is 14.3. The monoisotopic (exact) mass is 382 g/mol. The van der Waals surface area contributed by atoms with E-state index in [9.17, 15) is 0 Å². The number of thiocarbonyl (C=S) groups is 1. The van der Waals surface area contributed by atoms with Crippen LogP contribution in [0.2, 0.25) is 5.02 Å². The second-order valence-electron chi connectivity index (χ2n) is 5.85. The minimum Gasteiger partial charge on any atom is -0.342 e. The lowest BCUT2D eigenvalue weighted by atomic mass is 10.2. The lowest BCUT2D eigenvalue weighted by Gasteiger charge is -2.09. The van der Waals surface area contributed by atoms with Crippen LogP contribution in [0.5, 0.6) is 0 Å². The van der Waals surface area contributed by atoms with Gasteiger partial charge in [0, 0.05) is 23.5 Å². The van der Waals surface area contributed by atoms with Crippen LogP contribution in [0.3, 0.4) is 0 Å².